The Labute approximate surface area is 166 Å². The summed E-state index contributed by atoms with van der Waals surface area (Å²) in [7, 11) is 3.17. The first kappa shape index (κ1) is 21.0. The third-order valence-corrected chi connectivity index (χ3v) is 4.09. The van der Waals surface area contributed by atoms with Gasteiger partial charge in [0.25, 0.3) is 0 Å². The Bertz CT molecular complexity index is 793. The predicted molar refractivity (Wildman–Crippen MR) is 106 cm³/mol. The number of nitrogens with one attached hydrogen (secondary N) is 2. The lowest BCUT2D eigenvalue weighted by Crippen LogP contribution is -2.30. The molecule has 0 aromatic heterocycles. The van der Waals surface area contributed by atoms with E-state index in [1.807, 2.05) is 18.2 Å². The second kappa shape index (κ2) is 10.1. The molecule has 0 spiro atoms. The Morgan fingerprint density at radius 2 is 1.78 bits per heavy atom. The Balaban J connectivity index is 1.85. The normalized spacial score (nSPS) is 10.4. The molecule has 0 saturated heterocycles. The number of ether oxygens (including phenoxy) is 3. The van der Waals surface area contributed by atoms with Crippen molar-refractivity contribution in [1.29, 1.82) is 0 Å². The lowest BCUT2D eigenvalue weighted by Gasteiger charge is -2.13. The van der Waals surface area contributed by atoms with Crippen LogP contribution < -0.4 is 24.8 Å². The van der Waals surface area contributed by atoms with Crippen LogP contribution in [0.15, 0.2) is 36.4 Å². The fourth-order valence-electron chi connectivity index (χ4n) is 2.30. The molecule has 27 heavy (non-hydrogen) atoms. The van der Waals surface area contributed by atoms with E-state index in [0.717, 1.165) is 5.56 Å². The molecule has 0 unspecified atom stereocenters. The van der Waals surface area contributed by atoms with E-state index in [2.05, 4.69) is 15.4 Å². The summed E-state index contributed by atoms with van der Waals surface area (Å²) in [6, 6.07) is 10.0. The number of hydrogen-bond donors (Lipinski definition) is 2. The maximum Gasteiger partial charge on any atom is 0.387 e. The van der Waals surface area contributed by atoms with Gasteiger partial charge in [-0.3, -0.25) is 0 Å². The van der Waals surface area contributed by atoms with E-state index >= 15 is 0 Å². The minimum absolute atomic E-state index is 0.0634. The van der Waals surface area contributed by atoms with Crippen LogP contribution in [0.25, 0.3) is 0 Å². The molecule has 0 aliphatic rings. The molecule has 2 aromatic carbocycles. The van der Waals surface area contributed by atoms with E-state index in [4.69, 9.17) is 33.3 Å². The van der Waals surface area contributed by atoms with Gasteiger partial charge in [-0.05, 0) is 54.5 Å². The summed E-state index contributed by atoms with van der Waals surface area (Å²) in [6.07, 6.45) is 0.712. The molecule has 0 heterocycles. The zero-order chi connectivity index (χ0) is 19.8. The Morgan fingerprint density at radius 3 is 2.41 bits per heavy atom. The zero-order valence-electron chi connectivity index (χ0n) is 14.7. The van der Waals surface area contributed by atoms with Crippen LogP contribution in [0.5, 0.6) is 17.2 Å². The van der Waals surface area contributed by atoms with Gasteiger partial charge in [-0.2, -0.15) is 8.78 Å². The van der Waals surface area contributed by atoms with Crippen molar-refractivity contribution in [3.8, 4) is 17.2 Å². The summed E-state index contributed by atoms with van der Waals surface area (Å²) >= 11 is 11.1. The quantitative estimate of drug-likeness (QED) is 0.618. The van der Waals surface area contributed by atoms with E-state index in [1.165, 1.54) is 12.1 Å². The van der Waals surface area contributed by atoms with Crippen LogP contribution >= 0.6 is 23.8 Å². The second-order valence-electron chi connectivity index (χ2n) is 5.34. The van der Waals surface area contributed by atoms with Crippen molar-refractivity contribution >= 4 is 34.6 Å². The number of alkyl halides is 2. The molecule has 0 saturated carbocycles. The van der Waals surface area contributed by atoms with Crippen LogP contribution in [-0.4, -0.2) is 32.5 Å². The summed E-state index contributed by atoms with van der Waals surface area (Å²) in [6.45, 7) is -2.35. The monoisotopic (exact) mass is 416 g/mol. The fourth-order valence-corrected chi connectivity index (χ4v) is 2.75. The molecule has 5 nitrogen and oxygen atoms in total. The van der Waals surface area contributed by atoms with Gasteiger partial charge in [-0.15, -0.1) is 0 Å². The van der Waals surface area contributed by atoms with E-state index in [9.17, 15) is 8.78 Å². The van der Waals surface area contributed by atoms with Crippen molar-refractivity contribution in [1.82, 2.24) is 5.32 Å². The highest BCUT2D eigenvalue weighted by molar-refractivity contribution is 7.80. The summed E-state index contributed by atoms with van der Waals surface area (Å²) in [5.41, 5.74) is 1.62. The van der Waals surface area contributed by atoms with Crippen LogP contribution in [0, 0.1) is 0 Å². The molecule has 0 aliphatic carbocycles. The molecule has 0 aliphatic heterocycles. The SMILES string of the molecule is COc1ccc(CCNC(=S)Nc2ccc(OC(F)F)c(Cl)c2)cc1OC. The summed E-state index contributed by atoms with van der Waals surface area (Å²) < 4.78 is 39.3. The maximum absolute atomic E-state index is 12.2. The maximum atomic E-state index is 12.2. The first-order chi connectivity index (χ1) is 12.9. The summed E-state index contributed by atoms with van der Waals surface area (Å²) in [5.74, 6) is 1.24. The fraction of sp³-hybridized carbons (Fsp3) is 0.278. The lowest BCUT2D eigenvalue weighted by atomic mass is 10.1. The van der Waals surface area contributed by atoms with Gasteiger partial charge in [0.15, 0.2) is 16.6 Å². The smallest absolute Gasteiger partial charge is 0.387 e. The first-order valence-electron chi connectivity index (χ1n) is 7.93. The molecule has 0 atom stereocenters. The van der Waals surface area contributed by atoms with Crippen molar-refractivity contribution in [2.24, 2.45) is 0 Å². The average molecular weight is 417 g/mol. The zero-order valence-corrected chi connectivity index (χ0v) is 16.3. The Hall–Kier alpha value is -2.32. The van der Waals surface area contributed by atoms with Crippen molar-refractivity contribution < 1.29 is 23.0 Å². The predicted octanol–water partition coefficient (Wildman–Crippen LogP) is 4.49. The van der Waals surface area contributed by atoms with Gasteiger partial charge in [0.2, 0.25) is 0 Å². The highest BCUT2D eigenvalue weighted by Gasteiger charge is 2.10. The lowest BCUT2D eigenvalue weighted by molar-refractivity contribution is -0.0497. The molecule has 9 heteroatoms. The number of hydrogen-bond acceptors (Lipinski definition) is 4. The molecule has 0 fully saturated rings. The average Bonchev–Trinajstić information content (AvgIpc) is 2.63. The number of halogens is 3. The molecule has 0 bridgehead atoms. The van der Waals surface area contributed by atoms with Crippen LogP contribution in [0.2, 0.25) is 5.02 Å². The molecule has 0 amide bonds. The van der Waals surface area contributed by atoms with Crippen molar-refractivity contribution in [3.05, 3.63) is 47.0 Å². The largest absolute Gasteiger partial charge is 0.493 e. The molecule has 146 valence electrons. The van der Waals surface area contributed by atoms with E-state index in [-0.39, 0.29) is 10.8 Å². The van der Waals surface area contributed by atoms with Crippen LogP contribution in [0.1, 0.15) is 5.56 Å². The Kier molecular flexibility index (Phi) is 7.87. The van der Waals surface area contributed by atoms with Gasteiger partial charge in [0.1, 0.15) is 5.75 Å². The third-order valence-electron chi connectivity index (χ3n) is 3.55. The topological polar surface area (TPSA) is 51.8 Å². The Morgan fingerprint density at radius 1 is 1.07 bits per heavy atom. The van der Waals surface area contributed by atoms with Gasteiger partial charge in [0, 0.05) is 12.2 Å². The van der Waals surface area contributed by atoms with Gasteiger partial charge in [-0.25, -0.2) is 0 Å². The number of thiocarbonyl (C=S) groups is 1. The van der Waals surface area contributed by atoms with E-state index in [1.54, 1.807) is 20.3 Å². The first-order valence-corrected chi connectivity index (χ1v) is 8.71. The van der Waals surface area contributed by atoms with Crippen LogP contribution in [-0.2, 0) is 6.42 Å². The second-order valence-corrected chi connectivity index (χ2v) is 6.16. The van der Waals surface area contributed by atoms with Gasteiger partial charge in [-0.1, -0.05) is 17.7 Å². The highest BCUT2D eigenvalue weighted by Crippen LogP contribution is 2.29. The molecule has 2 N–H and O–H groups in total. The van der Waals surface area contributed by atoms with Gasteiger partial charge < -0.3 is 24.8 Å². The summed E-state index contributed by atoms with van der Waals surface area (Å²) in [4.78, 5) is 0. The molecular weight excluding hydrogens is 398 g/mol. The number of methoxy groups -OCH3 is 2. The van der Waals surface area contributed by atoms with Crippen LogP contribution in [0.4, 0.5) is 14.5 Å². The van der Waals surface area contributed by atoms with Crippen molar-refractivity contribution in [2.45, 2.75) is 13.0 Å². The van der Waals surface area contributed by atoms with Crippen molar-refractivity contribution in [3.63, 3.8) is 0 Å². The van der Waals surface area contributed by atoms with E-state index < -0.39 is 6.61 Å². The third kappa shape index (κ3) is 6.41. The van der Waals surface area contributed by atoms with Crippen LogP contribution in [0.3, 0.4) is 0 Å². The standard InChI is InChI=1S/C18H19ClF2N2O3S/c1-24-15-5-3-11(9-16(15)25-2)7-8-22-18(27)23-12-4-6-14(13(19)10-12)26-17(20)21/h3-6,9-10,17H,7-8H2,1-2H3,(H2,22,23,27). The minimum atomic E-state index is -2.93. The number of anilines is 1. The summed E-state index contributed by atoms with van der Waals surface area (Å²) in [5, 5.41) is 6.45. The molecule has 0 radical (unpaired) electrons. The molecule has 2 rings (SSSR count). The minimum Gasteiger partial charge on any atom is -0.493 e. The van der Waals surface area contributed by atoms with Crippen molar-refractivity contribution in [2.75, 3.05) is 26.1 Å². The van der Waals surface area contributed by atoms with Gasteiger partial charge >= 0.3 is 6.61 Å². The number of benzene rings is 2. The molecular formula is C18H19ClF2N2O3S. The molecule has 2 aromatic rings. The van der Waals surface area contributed by atoms with E-state index in [0.29, 0.717) is 35.3 Å². The van der Waals surface area contributed by atoms with Gasteiger partial charge in [0.05, 0.1) is 19.2 Å². The number of rotatable bonds is 8. The highest BCUT2D eigenvalue weighted by atomic mass is 35.5.